The zero-order chi connectivity index (χ0) is 8.91. The molecule has 0 aliphatic carbocycles. The monoisotopic (exact) mass is 154 g/mol. The number of hydrogen-bond donors (Lipinski definition) is 1. The lowest BCUT2D eigenvalue weighted by Crippen LogP contribution is -2.29. The van der Waals surface area contributed by atoms with Crippen molar-refractivity contribution in [2.45, 2.75) is 27.7 Å². The number of hydrogen-bond acceptors (Lipinski definition) is 2. The van der Waals surface area contributed by atoms with Crippen LogP contribution in [0.1, 0.15) is 27.7 Å². The minimum Gasteiger partial charge on any atom is -0.315 e. The first-order chi connectivity index (χ1) is 4.95. The van der Waals surface area contributed by atoms with E-state index in [0.29, 0.717) is 5.41 Å². The third kappa shape index (κ3) is 7.35. The first kappa shape index (κ1) is 10.4. The topological polar surface area (TPSA) is 35.8 Å². The van der Waals surface area contributed by atoms with Crippen LogP contribution in [0.3, 0.4) is 0 Å². The highest BCUT2D eigenvalue weighted by Gasteiger charge is 2.09. The van der Waals surface area contributed by atoms with E-state index in [1.54, 1.807) is 0 Å². The molecule has 0 aliphatic heterocycles. The predicted octanol–water partition coefficient (Wildman–Crippen LogP) is 1.78. The van der Waals surface area contributed by atoms with Gasteiger partial charge in [-0.25, -0.2) is 0 Å². The van der Waals surface area contributed by atoms with Crippen LogP contribution in [-0.2, 0) is 0 Å². The molecule has 0 fully saturated rings. The van der Waals surface area contributed by atoms with Gasteiger partial charge in [0.05, 0.1) is 12.0 Å². The van der Waals surface area contributed by atoms with Gasteiger partial charge in [-0.3, -0.25) is 0 Å². The quantitative estimate of drug-likeness (QED) is 0.672. The largest absolute Gasteiger partial charge is 0.315 e. The van der Waals surface area contributed by atoms with Gasteiger partial charge in [0.25, 0.3) is 0 Å². The smallest absolute Gasteiger partial charge is 0.0666 e. The SMILES string of the molecule is CC(C#N)CNCC(C)(C)C. The van der Waals surface area contributed by atoms with Gasteiger partial charge in [-0.1, -0.05) is 20.8 Å². The zero-order valence-corrected chi connectivity index (χ0v) is 7.94. The molecule has 0 bridgehead atoms. The van der Waals surface area contributed by atoms with Crippen LogP contribution < -0.4 is 5.32 Å². The second-order valence-electron chi connectivity index (χ2n) is 4.22. The van der Waals surface area contributed by atoms with Crippen molar-refractivity contribution in [3.05, 3.63) is 0 Å². The summed E-state index contributed by atoms with van der Waals surface area (Å²) >= 11 is 0. The van der Waals surface area contributed by atoms with Crippen LogP contribution in [-0.4, -0.2) is 13.1 Å². The highest BCUT2D eigenvalue weighted by Crippen LogP contribution is 2.10. The molecule has 0 spiro atoms. The molecule has 11 heavy (non-hydrogen) atoms. The molecule has 0 aromatic carbocycles. The summed E-state index contributed by atoms with van der Waals surface area (Å²) in [5.74, 6) is 0.123. The van der Waals surface area contributed by atoms with Gasteiger partial charge in [-0.15, -0.1) is 0 Å². The second kappa shape index (κ2) is 4.35. The second-order valence-corrected chi connectivity index (χ2v) is 4.22. The average Bonchev–Trinajstić information content (AvgIpc) is 1.85. The Balaban J connectivity index is 3.37. The average molecular weight is 154 g/mol. The van der Waals surface area contributed by atoms with E-state index in [-0.39, 0.29) is 5.92 Å². The molecule has 0 aliphatic rings. The summed E-state index contributed by atoms with van der Waals surface area (Å²) in [6.45, 7) is 10.2. The third-order valence-electron chi connectivity index (χ3n) is 1.33. The number of nitrogens with one attached hydrogen (secondary N) is 1. The van der Waals surface area contributed by atoms with Gasteiger partial charge in [0.15, 0.2) is 0 Å². The molecular formula is C9H18N2. The summed E-state index contributed by atoms with van der Waals surface area (Å²) in [5, 5.41) is 11.7. The highest BCUT2D eigenvalue weighted by atomic mass is 14.9. The van der Waals surface area contributed by atoms with E-state index < -0.39 is 0 Å². The fourth-order valence-electron chi connectivity index (χ4n) is 0.709. The summed E-state index contributed by atoms with van der Waals surface area (Å²) in [6, 6.07) is 2.19. The molecule has 0 amide bonds. The molecule has 2 nitrogen and oxygen atoms in total. The molecule has 0 saturated carbocycles. The minimum atomic E-state index is 0.123. The van der Waals surface area contributed by atoms with Crippen molar-refractivity contribution >= 4 is 0 Å². The Labute approximate surface area is 69.6 Å². The van der Waals surface area contributed by atoms with E-state index in [2.05, 4.69) is 32.2 Å². The first-order valence-electron chi connectivity index (χ1n) is 4.06. The van der Waals surface area contributed by atoms with E-state index in [9.17, 15) is 0 Å². The van der Waals surface area contributed by atoms with Gasteiger partial charge in [0.2, 0.25) is 0 Å². The Morgan fingerprint density at radius 3 is 2.36 bits per heavy atom. The maximum absolute atomic E-state index is 8.47. The fraction of sp³-hybridized carbons (Fsp3) is 0.889. The van der Waals surface area contributed by atoms with E-state index >= 15 is 0 Å². The Bertz CT molecular complexity index is 139. The Hall–Kier alpha value is -0.550. The Kier molecular flexibility index (Phi) is 4.14. The summed E-state index contributed by atoms with van der Waals surface area (Å²) in [5.41, 5.74) is 0.315. The normalized spacial score (nSPS) is 14.1. The van der Waals surface area contributed by atoms with Crippen molar-refractivity contribution in [2.24, 2.45) is 11.3 Å². The zero-order valence-electron chi connectivity index (χ0n) is 7.94. The lowest BCUT2D eigenvalue weighted by atomic mass is 9.97. The molecule has 0 aromatic heterocycles. The molecule has 64 valence electrons. The third-order valence-corrected chi connectivity index (χ3v) is 1.33. The van der Waals surface area contributed by atoms with Crippen molar-refractivity contribution in [3.63, 3.8) is 0 Å². The fourth-order valence-corrected chi connectivity index (χ4v) is 0.709. The lowest BCUT2D eigenvalue weighted by molar-refractivity contribution is 0.373. The minimum absolute atomic E-state index is 0.123. The van der Waals surface area contributed by atoms with Crippen molar-refractivity contribution in [2.75, 3.05) is 13.1 Å². The van der Waals surface area contributed by atoms with Crippen LogP contribution in [0.5, 0.6) is 0 Å². The molecule has 1 unspecified atom stereocenters. The van der Waals surface area contributed by atoms with Crippen molar-refractivity contribution in [1.82, 2.24) is 5.32 Å². The molecule has 0 saturated heterocycles. The molecule has 1 atom stereocenters. The van der Waals surface area contributed by atoms with Gasteiger partial charge in [-0.2, -0.15) is 5.26 Å². The van der Waals surface area contributed by atoms with E-state index in [1.165, 1.54) is 0 Å². The van der Waals surface area contributed by atoms with Gasteiger partial charge >= 0.3 is 0 Å². The molecular weight excluding hydrogens is 136 g/mol. The Morgan fingerprint density at radius 1 is 1.45 bits per heavy atom. The Morgan fingerprint density at radius 2 is 2.00 bits per heavy atom. The van der Waals surface area contributed by atoms with Crippen LogP contribution >= 0.6 is 0 Å². The molecule has 0 aromatic rings. The summed E-state index contributed by atoms with van der Waals surface area (Å²) in [6.07, 6.45) is 0. The lowest BCUT2D eigenvalue weighted by Gasteiger charge is -2.19. The van der Waals surface area contributed by atoms with Crippen molar-refractivity contribution in [3.8, 4) is 6.07 Å². The molecule has 0 heterocycles. The number of rotatable bonds is 3. The van der Waals surface area contributed by atoms with Crippen LogP contribution in [0.2, 0.25) is 0 Å². The summed E-state index contributed by atoms with van der Waals surface area (Å²) in [7, 11) is 0. The molecule has 2 heteroatoms. The maximum Gasteiger partial charge on any atom is 0.0666 e. The summed E-state index contributed by atoms with van der Waals surface area (Å²) < 4.78 is 0. The highest BCUT2D eigenvalue weighted by molar-refractivity contribution is 4.80. The molecule has 0 radical (unpaired) electrons. The van der Waals surface area contributed by atoms with Gasteiger partial charge in [0.1, 0.15) is 0 Å². The number of nitriles is 1. The first-order valence-corrected chi connectivity index (χ1v) is 4.06. The van der Waals surface area contributed by atoms with Crippen LogP contribution in [0.4, 0.5) is 0 Å². The molecule has 0 rings (SSSR count). The standard InChI is InChI=1S/C9H18N2/c1-8(5-10)6-11-7-9(2,3)4/h8,11H,6-7H2,1-4H3. The van der Waals surface area contributed by atoms with Gasteiger partial charge < -0.3 is 5.32 Å². The van der Waals surface area contributed by atoms with Crippen LogP contribution in [0.15, 0.2) is 0 Å². The maximum atomic E-state index is 8.47. The van der Waals surface area contributed by atoms with E-state index in [4.69, 9.17) is 5.26 Å². The van der Waals surface area contributed by atoms with E-state index in [1.807, 2.05) is 6.92 Å². The van der Waals surface area contributed by atoms with Crippen LogP contribution in [0.25, 0.3) is 0 Å². The van der Waals surface area contributed by atoms with Crippen molar-refractivity contribution in [1.29, 1.82) is 5.26 Å². The van der Waals surface area contributed by atoms with Gasteiger partial charge in [0, 0.05) is 13.1 Å². The van der Waals surface area contributed by atoms with Crippen molar-refractivity contribution < 1.29 is 0 Å². The molecule has 1 N–H and O–H groups in total. The predicted molar refractivity (Wildman–Crippen MR) is 47.1 cm³/mol. The van der Waals surface area contributed by atoms with Crippen LogP contribution in [0, 0.1) is 22.7 Å². The van der Waals surface area contributed by atoms with E-state index in [0.717, 1.165) is 13.1 Å². The summed E-state index contributed by atoms with van der Waals surface area (Å²) in [4.78, 5) is 0. The van der Waals surface area contributed by atoms with Gasteiger partial charge in [-0.05, 0) is 12.3 Å². The number of nitrogens with zero attached hydrogens (tertiary/aromatic N) is 1.